The van der Waals surface area contributed by atoms with Gasteiger partial charge in [0.25, 0.3) is 5.91 Å². The second-order valence-electron chi connectivity index (χ2n) is 4.57. The Balaban J connectivity index is 2.05. The molecule has 0 aromatic heterocycles. The summed E-state index contributed by atoms with van der Waals surface area (Å²) in [5.41, 5.74) is 1.97. The van der Waals surface area contributed by atoms with Crippen molar-refractivity contribution in [3.8, 4) is 5.75 Å². The number of fused-ring (bicyclic) bond motifs is 1. The number of amides is 1. The molecule has 1 aliphatic rings. The van der Waals surface area contributed by atoms with Gasteiger partial charge in [0.05, 0.1) is 6.10 Å². The van der Waals surface area contributed by atoms with E-state index >= 15 is 0 Å². The number of aliphatic hydroxyl groups is 1. The molecule has 0 saturated carbocycles. The quantitative estimate of drug-likeness (QED) is 0.880. The molecule has 1 unspecified atom stereocenters. The summed E-state index contributed by atoms with van der Waals surface area (Å²) in [6.07, 6.45) is 1.15. The Morgan fingerprint density at radius 2 is 2.33 bits per heavy atom. The van der Waals surface area contributed by atoms with E-state index in [-0.39, 0.29) is 12.5 Å². The number of rotatable bonds is 4. The molecule has 18 heavy (non-hydrogen) atoms. The molecule has 0 fully saturated rings. The van der Waals surface area contributed by atoms with Crippen LogP contribution < -0.4 is 4.74 Å². The molecule has 0 saturated heterocycles. The van der Waals surface area contributed by atoms with Crippen LogP contribution in [0.25, 0.3) is 0 Å². The van der Waals surface area contributed by atoms with E-state index in [1.54, 1.807) is 11.9 Å². The van der Waals surface area contributed by atoms with Gasteiger partial charge in [0.15, 0.2) is 6.61 Å². The van der Waals surface area contributed by atoms with E-state index in [9.17, 15) is 9.90 Å². The molecular weight excluding hydrogens is 230 g/mol. The zero-order valence-corrected chi connectivity index (χ0v) is 10.8. The summed E-state index contributed by atoms with van der Waals surface area (Å²) in [5.74, 6) is 0.690. The van der Waals surface area contributed by atoms with Gasteiger partial charge in [-0.25, -0.2) is 0 Å². The minimum atomic E-state index is -0.391. The van der Waals surface area contributed by atoms with E-state index < -0.39 is 6.10 Å². The summed E-state index contributed by atoms with van der Waals surface area (Å²) in [4.78, 5) is 13.3. The van der Waals surface area contributed by atoms with Gasteiger partial charge in [-0.05, 0) is 31.4 Å². The SMILES string of the molecule is CCN(C)C(=O)COc1cccc2c1CCC2O. The number of carbonyl (C=O) groups is 1. The number of likely N-dealkylation sites (N-methyl/N-ethyl adjacent to an activating group) is 1. The van der Waals surface area contributed by atoms with Crippen LogP contribution in [0.5, 0.6) is 5.75 Å². The molecule has 98 valence electrons. The van der Waals surface area contributed by atoms with Crippen LogP contribution in [-0.4, -0.2) is 36.1 Å². The van der Waals surface area contributed by atoms with Gasteiger partial charge in [-0.2, -0.15) is 0 Å². The summed E-state index contributed by atoms with van der Waals surface area (Å²) >= 11 is 0. The molecule has 1 N–H and O–H groups in total. The maximum atomic E-state index is 11.7. The summed E-state index contributed by atoms with van der Waals surface area (Å²) in [6, 6.07) is 5.63. The first-order chi connectivity index (χ1) is 8.63. The highest BCUT2D eigenvalue weighted by molar-refractivity contribution is 5.77. The predicted molar refractivity (Wildman–Crippen MR) is 68.5 cm³/mol. The normalized spacial score (nSPS) is 17.4. The summed E-state index contributed by atoms with van der Waals surface area (Å²) < 4.78 is 5.58. The monoisotopic (exact) mass is 249 g/mol. The van der Waals surface area contributed by atoms with Crippen molar-refractivity contribution in [2.75, 3.05) is 20.2 Å². The van der Waals surface area contributed by atoms with Gasteiger partial charge in [0, 0.05) is 19.2 Å². The van der Waals surface area contributed by atoms with Crippen LogP contribution in [0.4, 0.5) is 0 Å². The number of hydrogen-bond donors (Lipinski definition) is 1. The fourth-order valence-electron chi connectivity index (χ4n) is 2.16. The summed E-state index contributed by atoms with van der Waals surface area (Å²) in [5, 5.41) is 9.78. The van der Waals surface area contributed by atoms with Crippen molar-refractivity contribution in [1.29, 1.82) is 0 Å². The smallest absolute Gasteiger partial charge is 0.260 e. The van der Waals surface area contributed by atoms with Crippen molar-refractivity contribution in [3.05, 3.63) is 29.3 Å². The maximum Gasteiger partial charge on any atom is 0.260 e. The predicted octanol–water partition coefficient (Wildman–Crippen LogP) is 1.52. The van der Waals surface area contributed by atoms with Gasteiger partial charge in [-0.15, -0.1) is 0 Å². The molecule has 1 atom stereocenters. The van der Waals surface area contributed by atoms with Crippen LogP contribution in [0.2, 0.25) is 0 Å². The highest BCUT2D eigenvalue weighted by atomic mass is 16.5. The second kappa shape index (κ2) is 5.40. The van der Waals surface area contributed by atoms with Crippen LogP contribution in [0, 0.1) is 0 Å². The third-order valence-electron chi connectivity index (χ3n) is 3.45. The highest BCUT2D eigenvalue weighted by Crippen LogP contribution is 2.36. The third-order valence-corrected chi connectivity index (χ3v) is 3.45. The molecule has 0 aliphatic heterocycles. The van der Waals surface area contributed by atoms with Crippen molar-refractivity contribution in [1.82, 2.24) is 4.90 Å². The van der Waals surface area contributed by atoms with E-state index in [2.05, 4.69) is 0 Å². The Morgan fingerprint density at radius 3 is 3.06 bits per heavy atom. The zero-order chi connectivity index (χ0) is 13.1. The molecule has 1 aliphatic carbocycles. The molecule has 1 aromatic carbocycles. The summed E-state index contributed by atoms with van der Waals surface area (Å²) in [6.45, 7) is 2.65. The number of ether oxygens (including phenoxy) is 1. The van der Waals surface area contributed by atoms with Crippen molar-refractivity contribution >= 4 is 5.91 Å². The fraction of sp³-hybridized carbons (Fsp3) is 0.500. The lowest BCUT2D eigenvalue weighted by molar-refractivity contribution is -0.131. The molecule has 1 amide bonds. The molecule has 0 radical (unpaired) electrons. The molecular formula is C14H19NO3. The highest BCUT2D eigenvalue weighted by Gasteiger charge is 2.23. The number of carbonyl (C=O) groups excluding carboxylic acids is 1. The van der Waals surface area contributed by atoms with Gasteiger partial charge < -0.3 is 14.7 Å². The van der Waals surface area contributed by atoms with E-state index in [1.165, 1.54) is 0 Å². The van der Waals surface area contributed by atoms with Crippen LogP contribution in [0.1, 0.15) is 30.6 Å². The van der Waals surface area contributed by atoms with Gasteiger partial charge >= 0.3 is 0 Å². The Bertz CT molecular complexity index is 445. The van der Waals surface area contributed by atoms with Crippen molar-refractivity contribution in [2.45, 2.75) is 25.9 Å². The van der Waals surface area contributed by atoms with Crippen molar-refractivity contribution < 1.29 is 14.6 Å². The Kier molecular flexibility index (Phi) is 3.87. The van der Waals surface area contributed by atoms with Crippen LogP contribution in [0.3, 0.4) is 0 Å². The number of hydrogen-bond acceptors (Lipinski definition) is 3. The lowest BCUT2D eigenvalue weighted by Crippen LogP contribution is -2.31. The topological polar surface area (TPSA) is 49.8 Å². The molecule has 2 rings (SSSR count). The molecule has 4 heteroatoms. The van der Waals surface area contributed by atoms with Gasteiger partial charge in [-0.3, -0.25) is 4.79 Å². The minimum Gasteiger partial charge on any atom is -0.483 e. The van der Waals surface area contributed by atoms with Gasteiger partial charge in [0.1, 0.15) is 5.75 Å². The molecule has 1 aromatic rings. The third kappa shape index (κ3) is 2.48. The van der Waals surface area contributed by atoms with Crippen LogP contribution >= 0.6 is 0 Å². The van der Waals surface area contributed by atoms with E-state index in [1.807, 2.05) is 25.1 Å². The van der Waals surface area contributed by atoms with Crippen LogP contribution in [-0.2, 0) is 11.2 Å². The molecule has 0 bridgehead atoms. The van der Waals surface area contributed by atoms with Crippen LogP contribution in [0.15, 0.2) is 18.2 Å². The molecule has 0 heterocycles. The van der Waals surface area contributed by atoms with E-state index in [0.29, 0.717) is 6.54 Å². The lowest BCUT2D eigenvalue weighted by Gasteiger charge is -2.16. The molecule has 4 nitrogen and oxygen atoms in total. The summed E-state index contributed by atoms with van der Waals surface area (Å²) in [7, 11) is 1.75. The Morgan fingerprint density at radius 1 is 1.56 bits per heavy atom. The molecule has 0 spiro atoms. The largest absolute Gasteiger partial charge is 0.483 e. The van der Waals surface area contributed by atoms with Gasteiger partial charge in [-0.1, -0.05) is 12.1 Å². The fourth-order valence-corrected chi connectivity index (χ4v) is 2.16. The average molecular weight is 249 g/mol. The average Bonchev–Trinajstić information content (AvgIpc) is 2.77. The zero-order valence-electron chi connectivity index (χ0n) is 10.8. The Labute approximate surface area is 107 Å². The Hall–Kier alpha value is -1.55. The first-order valence-electron chi connectivity index (χ1n) is 6.30. The number of aliphatic hydroxyl groups excluding tert-OH is 1. The number of nitrogens with zero attached hydrogens (tertiary/aromatic N) is 1. The van der Waals surface area contributed by atoms with E-state index in [4.69, 9.17) is 4.74 Å². The number of benzene rings is 1. The lowest BCUT2D eigenvalue weighted by atomic mass is 10.1. The standard InChI is InChI=1S/C14H19NO3/c1-3-15(2)14(17)9-18-13-6-4-5-10-11(13)7-8-12(10)16/h4-6,12,16H,3,7-9H2,1-2H3. The first kappa shape index (κ1) is 12.9. The maximum absolute atomic E-state index is 11.7. The van der Waals surface area contributed by atoms with Gasteiger partial charge in [0.2, 0.25) is 0 Å². The minimum absolute atomic E-state index is 0.0337. The van der Waals surface area contributed by atoms with E-state index in [0.717, 1.165) is 29.7 Å². The first-order valence-corrected chi connectivity index (χ1v) is 6.30. The van der Waals surface area contributed by atoms with Crippen molar-refractivity contribution in [3.63, 3.8) is 0 Å². The second-order valence-corrected chi connectivity index (χ2v) is 4.57. The van der Waals surface area contributed by atoms with Crippen molar-refractivity contribution in [2.24, 2.45) is 0 Å².